The zero-order valence-electron chi connectivity index (χ0n) is 9.54. The molecule has 0 aliphatic carbocycles. The lowest BCUT2D eigenvalue weighted by molar-refractivity contribution is 0.766. The van der Waals surface area contributed by atoms with Crippen molar-refractivity contribution in [1.82, 2.24) is 5.32 Å². The molecule has 1 rings (SSSR count). The average Bonchev–Trinajstić information content (AvgIpc) is 2.25. The number of hydrogen-bond acceptors (Lipinski definition) is 3. The minimum absolute atomic E-state index is 0.744. The lowest BCUT2D eigenvalue weighted by atomic mass is 10.1. The van der Waals surface area contributed by atoms with E-state index in [4.69, 9.17) is 5.26 Å². The van der Waals surface area contributed by atoms with Crippen molar-refractivity contribution >= 4 is 5.69 Å². The van der Waals surface area contributed by atoms with Crippen LogP contribution in [0.5, 0.6) is 0 Å². The van der Waals surface area contributed by atoms with E-state index in [9.17, 15) is 0 Å². The second-order valence-corrected chi connectivity index (χ2v) is 3.61. The van der Waals surface area contributed by atoms with Gasteiger partial charge in [0.2, 0.25) is 0 Å². The van der Waals surface area contributed by atoms with Crippen molar-refractivity contribution in [3.05, 3.63) is 29.3 Å². The summed E-state index contributed by atoms with van der Waals surface area (Å²) in [4.78, 5) is 2.12. The van der Waals surface area contributed by atoms with E-state index >= 15 is 0 Å². The molecule has 0 amide bonds. The van der Waals surface area contributed by atoms with Gasteiger partial charge in [0.05, 0.1) is 11.3 Å². The largest absolute Gasteiger partial charge is 0.372 e. The molecule has 0 saturated carbocycles. The van der Waals surface area contributed by atoms with Crippen LogP contribution in [0.4, 0.5) is 5.69 Å². The molecule has 0 aliphatic heterocycles. The molecule has 0 spiro atoms. The van der Waals surface area contributed by atoms with E-state index < -0.39 is 0 Å². The van der Waals surface area contributed by atoms with E-state index in [1.165, 1.54) is 0 Å². The van der Waals surface area contributed by atoms with Gasteiger partial charge in [0.15, 0.2) is 0 Å². The zero-order chi connectivity index (χ0) is 11.3. The van der Waals surface area contributed by atoms with Crippen LogP contribution in [-0.2, 0) is 0 Å². The van der Waals surface area contributed by atoms with Crippen LogP contribution in [0.2, 0.25) is 0 Å². The highest BCUT2D eigenvalue weighted by Crippen LogP contribution is 2.22. The Kier molecular flexibility index (Phi) is 4.14. The highest BCUT2D eigenvalue weighted by molar-refractivity contribution is 5.63. The van der Waals surface area contributed by atoms with Gasteiger partial charge >= 0.3 is 0 Å². The first kappa shape index (κ1) is 11.5. The standard InChI is InChI=1S/C12H17N3/c1-10-5-4-6-11(9-13)12(10)15(3)8-7-14-2/h4-6,14H,7-8H2,1-3H3. The maximum Gasteiger partial charge on any atom is 0.101 e. The molecule has 80 valence electrons. The van der Waals surface area contributed by atoms with Crippen LogP contribution in [0.1, 0.15) is 11.1 Å². The summed E-state index contributed by atoms with van der Waals surface area (Å²) < 4.78 is 0. The predicted molar refractivity (Wildman–Crippen MR) is 63.1 cm³/mol. The normalized spacial score (nSPS) is 9.73. The maximum atomic E-state index is 9.02. The summed E-state index contributed by atoms with van der Waals surface area (Å²) in [6.45, 7) is 3.85. The van der Waals surface area contributed by atoms with E-state index in [0.29, 0.717) is 0 Å². The summed E-state index contributed by atoms with van der Waals surface area (Å²) in [7, 11) is 3.94. The number of nitriles is 1. The molecule has 3 nitrogen and oxygen atoms in total. The number of benzene rings is 1. The third-order valence-corrected chi connectivity index (χ3v) is 2.44. The van der Waals surface area contributed by atoms with Crippen molar-refractivity contribution in [2.75, 3.05) is 32.1 Å². The molecule has 0 heterocycles. The fourth-order valence-corrected chi connectivity index (χ4v) is 1.65. The van der Waals surface area contributed by atoms with Crippen LogP contribution in [0, 0.1) is 18.3 Å². The molecule has 1 aromatic carbocycles. The number of anilines is 1. The topological polar surface area (TPSA) is 39.1 Å². The lowest BCUT2D eigenvalue weighted by Crippen LogP contribution is -2.28. The van der Waals surface area contributed by atoms with Crippen molar-refractivity contribution in [3.8, 4) is 6.07 Å². The molecule has 0 aliphatic rings. The average molecular weight is 203 g/mol. The first-order valence-corrected chi connectivity index (χ1v) is 5.06. The Morgan fingerprint density at radius 3 is 2.80 bits per heavy atom. The molecule has 0 unspecified atom stereocenters. The van der Waals surface area contributed by atoms with Crippen molar-refractivity contribution in [3.63, 3.8) is 0 Å². The molecule has 0 bridgehead atoms. The molecule has 3 heteroatoms. The lowest BCUT2D eigenvalue weighted by Gasteiger charge is -2.22. The van der Waals surface area contributed by atoms with E-state index in [-0.39, 0.29) is 0 Å². The number of nitrogens with one attached hydrogen (secondary N) is 1. The van der Waals surface area contributed by atoms with Crippen molar-refractivity contribution in [1.29, 1.82) is 5.26 Å². The van der Waals surface area contributed by atoms with E-state index in [1.54, 1.807) is 0 Å². The quantitative estimate of drug-likeness (QED) is 0.806. The van der Waals surface area contributed by atoms with Gasteiger partial charge in [-0.1, -0.05) is 12.1 Å². The van der Waals surface area contributed by atoms with E-state index in [0.717, 1.165) is 29.9 Å². The van der Waals surface area contributed by atoms with Crippen LogP contribution in [0.25, 0.3) is 0 Å². The highest BCUT2D eigenvalue weighted by atomic mass is 15.1. The molecule has 0 radical (unpaired) electrons. The Balaban J connectivity index is 2.96. The Hall–Kier alpha value is -1.53. The van der Waals surface area contributed by atoms with Crippen molar-refractivity contribution in [2.45, 2.75) is 6.92 Å². The molecule has 0 fully saturated rings. The first-order chi connectivity index (χ1) is 7.20. The molecule has 1 N–H and O–H groups in total. The number of hydrogen-bond donors (Lipinski definition) is 1. The first-order valence-electron chi connectivity index (χ1n) is 5.06. The van der Waals surface area contributed by atoms with E-state index in [1.807, 2.05) is 39.2 Å². The van der Waals surface area contributed by atoms with Gasteiger partial charge in [-0.05, 0) is 25.6 Å². The summed E-state index contributed by atoms with van der Waals surface area (Å²) in [5, 5.41) is 12.1. The molecular weight excluding hydrogens is 186 g/mol. The van der Waals surface area contributed by atoms with Gasteiger partial charge in [0, 0.05) is 20.1 Å². The van der Waals surface area contributed by atoms with Crippen LogP contribution >= 0.6 is 0 Å². The SMILES string of the molecule is CNCCN(C)c1c(C)cccc1C#N. The Morgan fingerprint density at radius 2 is 2.20 bits per heavy atom. The second kappa shape index (κ2) is 5.38. The van der Waals surface area contributed by atoms with Gasteiger partial charge in [-0.25, -0.2) is 0 Å². The predicted octanol–water partition coefficient (Wildman–Crippen LogP) is 1.52. The molecule has 0 atom stereocenters. The van der Waals surface area contributed by atoms with Crippen LogP contribution in [0.15, 0.2) is 18.2 Å². The van der Waals surface area contributed by atoms with Gasteiger partial charge < -0.3 is 10.2 Å². The number of para-hydroxylation sites is 1. The second-order valence-electron chi connectivity index (χ2n) is 3.61. The molecule has 0 saturated heterocycles. The zero-order valence-corrected chi connectivity index (χ0v) is 9.54. The summed E-state index contributed by atoms with van der Waals surface area (Å²) in [6.07, 6.45) is 0. The maximum absolute atomic E-state index is 9.02. The smallest absolute Gasteiger partial charge is 0.101 e. The molecular formula is C12H17N3. The Bertz CT molecular complexity index is 366. The van der Waals surface area contributed by atoms with Crippen molar-refractivity contribution < 1.29 is 0 Å². The van der Waals surface area contributed by atoms with Gasteiger partial charge in [0.25, 0.3) is 0 Å². The fraction of sp³-hybridized carbons (Fsp3) is 0.417. The van der Waals surface area contributed by atoms with Gasteiger partial charge in [-0.2, -0.15) is 5.26 Å². The summed E-state index contributed by atoms with van der Waals surface area (Å²) in [6, 6.07) is 8.04. The minimum atomic E-state index is 0.744. The third kappa shape index (κ3) is 2.71. The van der Waals surface area contributed by atoms with Crippen LogP contribution < -0.4 is 10.2 Å². The number of nitrogens with zero attached hydrogens (tertiary/aromatic N) is 2. The number of aryl methyl sites for hydroxylation is 1. The summed E-state index contributed by atoms with van der Waals surface area (Å²) in [5.74, 6) is 0. The monoisotopic (exact) mass is 203 g/mol. The molecule has 0 aromatic heterocycles. The van der Waals surface area contributed by atoms with Gasteiger partial charge in [0.1, 0.15) is 6.07 Å². The summed E-state index contributed by atoms with van der Waals surface area (Å²) >= 11 is 0. The summed E-state index contributed by atoms with van der Waals surface area (Å²) in [5.41, 5.74) is 2.93. The molecule has 15 heavy (non-hydrogen) atoms. The van der Waals surface area contributed by atoms with Crippen LogP contribution in [-0.4, -0.2) is 27.2 Å². The highest BCUT2D eigenvalue weighted by Gasteiger charge is 2.09. The number of rotatable bonds is 4. The van der Waals surface area contributed by atoms with Gasteiger partial charge in [-0.15, -0.1) is 0 Å². The Labute approximate surface area is 91.3 Å². The third-order valence-electron chi connectivity index (χ3n) is 2.44. The van der Waals surface area contributed by atoms with E-state index in [2.05, 4.69) is 16.3 Å². The fourth-order valence-electron chi connectivity index (χ4n) is 1.65. The van der Waals surface area contributed by atoms with Crippen molar-refractivity contribution in [2.24, 2.45) is 0 Å². The minimum Gasteiger partial charge on any atom is -0.372 e. The molecule has 1 aromatic rings. The number of likely N-dealkylation sites (N-methyl/N-ethyl adjacent to an activating group) is 2. The van der Waals surface area contributed by atoms with Gasteiger partial charge in [-0.3, -0.25) is 0 Å². The van der Waals surface area contributed by atoms with Crippen LogP contribution in [0.3, 0.4) is 0 Å². The Morgan fingerprint density at radius 1 is 1.47 bits per heavy atom.